The van der Waals surface area contributed by atoms with Gasteiger partial charge in [-0.25, -0.2) is 0 Å². The molecule has 1 aromatic carbocycles. The van der Waals surface area contributed by atoms with Crippen LogP contribution in [0.15, 0.2) is 46.0 Å². The summed E-state index contributed by atoms with van der Waals surface area (Å²) in [6, 6.07) is 11.9. The van der Waals surface area contributed by atoms with Crippen LogP contribution in [0.3, 0.4) is 0 Å². The Kier molecular flexibility index (Phi) is 5.55. The first-order valence-electron chi connectivity index (χ1n) is 9.39. The Bertz CT molecular complexity index is 965. The highest BCUT2D eigenvalue weighted by Crippen LogP contribution is 2.40. The molecule has 0 fully saturated rings. The van der Waals surface area contributed by atoms with E-state index in [2.05, 4.69) is 23.2 Å². The molecule has 7 heteroatoms. The van der Waals surface area contributed by atoms with Gasteiger partial charge in [0.15, 0.2) is 0 Å². The van der Waals surface area contributed by atoms with Crippen molar-refractivity contribution in [3.05, 3.63) is 52.4 Å². The number of hydrogen-bond acceptors (Lipinski definition) is 6. The smallest absolute Gasteiger partial charge is 0.278 e. The predicted molar refractivity (Wildman–Crippen MR) is 113 cm³/mol. The molecule has 0 unspecified atom stereocenters. The third-order valence-corrected chi connectivity index (χ3v) is 7.23. The van der Waals surface area contributed by atoms with Crippen molar-refractivity contribution in [2.24, 2.45) is 5.92 Å². The molecule has 0 saturated heterocycles. The molecule has 4 rings (SSSR count). The Balaban J connectivity index is 1.57. The summed E-state index contributed by atoms with van der Waals surface area (Å²) in [5, 5.41) is 8.45. The van der Waals surface area contributed by atoms with Crippen molar-refractivity contribution in [1.82, 2.24) is 15.1 Å². The lowest BCUT2D eigenvalue weighted by molar-refractivity contribution is -0.128. The van der Waals surface area contributed by atoms with E-state index in [4.69, 9.17) is 4.42 Å². The monoisotopic (exact) mass is 413 g/mol. The summed E-state index contributed by atoms with van der Waals surface area (Å²) in [4.78, 5) is 16.8. The number of carbonyl (C=O) groups excluding carboxylic acids is 1. The molecular formula is C21H23N3O2S2. The molecule has 28 heavy (non-hydrogen) atoms. The average Bonchev–Trinajstić information content (AvgIpc) is 3.32. The van der Waals surface area contributed by atoms with E-state index in [9.17, 15) is 4.79 Å². The van der Waals surface area contributed by atoms with Crippen LogP contribution >= 0.6 is 23.1 Å². The lowest BCUT2D eigenvalue weighted by Crippen LogP contribution is -2.26. The molecule has 3 aromatic rings. The summed E-state index contributed by atoms with van der Waals surface area (Å²) in [5.74, 6) is 1.27. The fraction of sp³-hybridized carbons (Fsp3) is 0.381. The van der Waals surface area contributed by atoms with Gasteiger partial charge in [-0.2, -0.15) is 0 Å². The topological polar surface area (TPSA) is 59.2 Å². The van der Waals surface area contributed by atoms with Crippen LogP contribution in [0.5, 0.6) is 0 Å². The van der Waals surface area contributed by atoms with E-state index in [1.807, 2.05) is 30.3 Å². The normalized spacial score (nSPS) is 17.2. The molecule has 1 amide bonds. The van der Waals surface area contributed by atoms with E-state index in [1.54, 1.807) is 30.3 Å². The van der Waals surface area contributed by atoms with Gasteiger partial charge in [-0.1, -0.05) is 37.3 Å². The maximum atomic E-state index is 12.7. The standard InChI is InChI=1S/C21H23N3O2S2/c1-13-9-10-16-15(11-13)12-17(27-16)19-22-23-21(26-19)28-18(20(25)24(2)3)14-7-5-4-6-8-14/h4-8,12-13,18H,9-11H2,1-3H3/t13-,18-/m0/s1. The highest BCUT2D eigenvalue weighted by atomic mass is 32.2. The molecule has 0 bridgehead atoms. The van der Waals surface area contributed by atoms with Gasteiger partial charge < -0.3 is 9.32 Å². The van der Waals surface area contributed by atoms with Crippen molar-refractivity contribution in [2.75, 3.05) is 14.1 Å². The second kappa shape index (κ2) is 8.09. The summed E-state index contributed by atoms with van der Waals surface area (Å²) < 4.78 is 5.94. The molecule has 1 aliphatic rings. The van der Waals surface area contributed by atoms with Gasteiger partial charge >= 0.3 is 0 Å². The summed E-state index contributed by atoms with van der Waals surface area (Å²) in [5.41, 5.74) is 2.34. The summed E-state index contributed by atoms with van der Waals surface area (Å²) in [6.45, 7) is 2.30. The van der Waals surface area contributed by atoms with Gasteiger partial charge in [0.2, 0.25) is 5.91 Å². The Morgan fingerprint density at radius 2 is 2.07 bits per heavy atom. The van der Waals surface area contributed by atoms with Crippen LogP contribution in [-0.4, -0.2) is 35.1 Å². The number of thiophene rings is 1. The van der Waals surface area contributed by atoms with Gasteiger partial charge in [0, 0.05) is 19.0 Å². The number of aromatic nitrogens is 2. The van der Waals surface area contributed by atoms with Gasteiger partial charge in [0.1, 0.15) is 5.25 Å². The molecule has 5 nitrogen and oxygen atoms in total. The van der Waals surface area contributed by atoms with Gasteiger partial charge in [0.25, 0.3) is 11.1 Å². The molecule has 2 atom stereocenters. The van der Waals surface area contributed by atoms with Gasteiger partial charge in [0.05, 0.1) is 4.88 Å². The Labute approximate surface area is 173 Å². The van der Waals surface area contributed by atoms with Crippen LogP contribution in [0, 0.1) is 5.92 Å². The van der Waals surface area contributed by atoms with Crippen molar-refractivity contribution in [1.29, 1.82) is 0 Å². The van der Waals surface area contributed by atoms with E-state index >= 15 is 0 Å². The number of hydrogen-bond donors (Lipinski definition) is 0. The minimum Gasteiger partial charge on any atom is -0.410 e. The van der Waals surface area contributed by atoms with Crippen molar-refractivity contribution >= 4 is 29.0 Å². The number of thioether (sulfide) groups is 1. The van der Waals surface area contributed by atoms with Crippen molar-refractivity contribution in [2.45, 2.75) is 36.7 Å². The lowest BCUT2D eigenvalue weighted by atomic mass is 9.90. The maximum absolute atomic E-state index is 12.7. The average molecular weight is 414 g/mol. The number of benzene rings is 1. The minimum atomic E-state index is -0.415. The summed E-state index contributed by atoms with van der Waals surface area (Å²) in [6.07, 6.45) is 3.49. The highest BCUT2D eigenvalue weighted by Gasteiger charge is 2.27. The zero-order chi connectivity index (χ0) is 19.7. The molecule has 2 heterocycles. The quantitative estimate of drug-likeness (QED) is 0.560. The zero-order valence-corrected chi connectivity index (χ0v) is 17.8. The van der Waals surface area contributed by atoms with Crippen LogP contribution in [0.1, 0.15) is 34.6 Å². The van der Waals surface area contributed by atoms with E-state index in [0.29, 0.717) is 11.1 Å². The van der Waals surface area contributed by atoms with Crippen molar-refractivity contribution < 1.29 is 9.21 Å². The van der Waals surface area contributed by atoms with E-state index in [0.717, 1.165) is 29.2 Å². The van der Waals surface area contributed by atoms with Crippen LogP contribution in [-0.2, 0) is 17.6 Å². The van der Waals surface area contributed by atoms with E-state index in [-0.39, 0.29) is 5.91 Å². The molecule has 0 aliphatic heterocycles. The number of likely N-dealkylation sites (N-methyl/N-ethyl adjacent to an activating group) is 1. The fourth-order valence-electron chi connectivity index (χ4n) is 3.39. The third kappa shape index (κ3) is 4.00. The fourth-order valence-corrected chi connectivity index (χ4v) is 5.54. The Morgan fingerprint density at radius 1 is 1.29 bits per heavy atom. The molecule has 0 N–H and O–H groups in total. The number of fused-ring (bicyclic) bond motifs is 1. The highest BCUT2D eigenvalue weighted by molar-refractivity contribution is 8.00. The number of aryl methyl sites for hydroxylation is 1. The predicted octanol–water partition coefficient (Wildman–Crippen LogP) is 4.84. The molecule has 146 valence electrons. The minimum absolute atomic E-state index is 0.00322. The molecule has 0 radical (unpaired) electrons. The van der Waals surface area contributed by atoms with Crippen LogP contribution in [0.25, 0.3) is 10.8 Å². The molecule has 2 aromatic heterocycles. The van der Waals surface area contributed by atoms with E-state index in [1.165, 1.54) is 28.6 Å². The molecule has 1 aliphatic carbocycles. The number of rotatable bonds is 5. The Hall–Kier alpha value is -2.12. The zero-order valence-electron chi connectivity index (χ0n) is 16.2. The third-order valence-electron chi connectivity index (χ3n) is 4.93. The Morgan fingerprint density at radius 3 is 2.82 bits per heavy atom. The van der Waals surface area contributed by atoms with Crippen LogP contribution in [0.4, 0.5) is 0 Å². The number of amides is 1. The molecule has 0 spiro atoms. The van der Waals surface area contributed by atoms with Gasteiger partial charge in [-0.05, 0) is 54.1 Å². The van der Waals surface area contributed by atoms with Crippen molar-refractivity contribution in [3.8, 4) is 10.8 Å². The SMILES string of the molecule is C[C@H]1CCc2sc(-c3nnc(S[C@H](C(=O)N(C)C)c4ccccc4)o3)cc2C1. The first-order valence-corrected chi connectivity index (χ1v) is 11.1. The second-order valence-corrected chi connectivity index (χ2v) is 9.61. The van der Waals surface area contributed by atoms with Crippen molar-refractivity contribution in [3.63, 3.8) is 0 Å². The maximum Gasteiger partial charge on any atom is 0.278 e. The number of nitrogens with zero attached hydrogens (tertiary/aromatic N) is 3. The number of carbonyl (C=O) groups is 1. The summed E-state index contributed by atoms with van der Waals surface area (Å²) >= 11 is 3.05. The summed E-state index contributed by atoms with van der Waals surface area (Å²) in [7, 11) is 3.52. The van der Waals surface area contributed by atoms with E-state index < -0.39 is 5.25 Å². The lowest BCUT2D eigenvalue weighted by Gasteiger charge is -2.18. The van der Waals surface area contributed by atoms with Crippen LogP contribution < -0.4 is 0 Å². The first kappa shape index (κ1) is 19.2. The first-order chi connectivity index (χ1) is 13.5. The van der Waals surface area contributed by atoms with Gasteiger partial charge in [-0.15, -0.1) is 21.5 Å². The second-order valence-electron chi connectivity index (χ2n) is 7.42. The molecular weight excluding hydrogens is 390 g/mol. The van der Waals surface area contributed by atoms with Crippen LogP contribution in [0.2, 0.25) is 0 Å². The van der Waals surface area contributed by atoms with Gasteiger partial charge in [-0.3, -0.25) is 4.79 Å². The molecule has 0 saturated carbocycles. The largest absolute Gasteiger partial charge is 0.410 e.